The third kappa shape index (κ3) is 9.12. The Morgan fingerprint density at radius 2 is 1.64 bits per heavy atom. The van der Waals surface area contributed by atoms with Crippen LogP contribution in [-0.2, 0) is 22.1 Å². The molecule has 1 saturated heterocycles. The van der Waals surface area contributed by atoms with Crippen LogP contribution in [0.15, 0.2) is 53.6 Å². The van der Waals surface area contributed by atoms with Crippen molar-refractivity contribution in [2.24, 2.45) is 10.5 Å². The standard InChI is InChI=1S/C35H45F3N6O3/c1-24(34(2,3)4)39-32(45)23-46-21-5-6-22-47-29-13-9-25(10-14-29)26-17-19-43(20-18-26)31-16-15-30-40-41-33(44(30)42-31)27-7-11-28(12-8-27)35(36,37)38/h7-14,24,26H,5-6,15-23H2,1-4H3,(H,39,45). The third-order valence-electron chi connectivity index (χ3n) is 9.04. The number of hydrogen-bond acceptors (Lipinski definition) is 7. The van der Waals surface area contributed by atoms with Crippen LogP contribution < -0.4 is 10.1 Å². The molecule has 254 valence electrons. The first kappa shape index (κ1) is 34.4. The molecule has 1 fully saturated rings. The van der Waals surface area contributed by atoms with Crippen molar-refractivity contribution in [3.8, 4) is 17.1 Å². The second-order valence-corrected chi connectivity index (χ2v) is 13.4. The van der Waals surface area contributed by atoms with E-state index in [0.29, 0.717) is 42.8 Å². The Bertz CT molecular complexity index is 1510. The van der Waals surface area contributed by atoms with E-state index in [1.165, 1.54) is 17.7 Å². The summed E-state index contributed by atoms with van der Waals surface area (Å²) in [5.41, 5.74) is 1.15. The van der Waals surface area contributed by atoms with Crippen molar-refractivity contribution < 1.29 is 27.4 Å². The summed E-state index contributed by atoms with van der Waals surface area (Å²) >= 11 is 0. The molecule has 3 aromatic rings. The third-order valence-corrected chi connectivity index (χ3v) is 9.04. The topological polar surface area (TPSA) is 93.9 Å². The minimum Gasteiger partial charge on any atom is -0.494 e. The molecule has 1 aromatic heterocycles. The first-order chi connectivity index (χ1) is 22.4. The van der Waals surface area contributed by atoms with E-state index in [0.717, 1.165) is 68.9 Å². The number of hydrogen-bond donors (Lipinski definition) is 1. The van der Waals surface area contributed by atoms with Crippen molar-refractivity contribution in [1.29, 1.82) is 0 Å². The van der Waals surface area contributed by atoms with E-state index in [4.69, 9.17) is 14.6 Å². The molecular weight excluding hydrogens is 609 g/mol. The lowest BCUT2D eigenvalue weighted by Gasteiger charge is -2.35. The van der Waals surface area contributed by atoms with E-state index >= 15 is 0 Å². The van der Waals surface area contributed by atoms with Crippen LogP contribution in [0.5, 0.6) is 5.75 Å². The number of likely N-dealkylation sites (tertiary alicyclic amines) is 1. The molecule has 2 aromatic carbocycles. The van der Waals surface area contributed by atoms with Gasteiger partial charge < -0.3 is 19.7 Å². The predicted octanol–water partition coefficient (Wildman–Crippen LogP) is 6.68. The molecule has 0 radical (unpaired) electrons. The molecule has 0 bridgehead atoms. The number of aromatic nitrogens is 3. The Hall–Kier alpha value is -3.93. The molecule has 0 spiro atoms. The number of amidine groups is 1. The summed E-state index contributed by atoms with van der Waals surface area (Å²) in [6.07, 6.45) is 0.682. The van der Waals surface area contributed by atoms with Gasteiger partial charge in [-0.1, -0.05) is 45.0 Å². The van der Waals surface area contributed by atoms with Gasteiger partial charge in [0.1, 0.15) is 18.2 Å². The van der Waals surface area contributed by atoms with Crippen LogP contribution in [0.25, 0.3) is 11.4 Å². The zero-order valence-corrected chi connectivity index (χ0v) is 27.6. The number of benzene rings is 2. The number of piperidine rings is 1. The van der Waals surface area contributed by atoms with Crippen LogP contribution >= 0.6 is 0 Å². The van der Waals surface area contributed by atoms with Gasteiger partial charge in [-0.3, -0.25) is 4.79 Å². The second-order valence-electron chi connectivity index (χ2n) is 13.4. The van der Waals surface area contributed by atoms with Crippen LogP contribution in [0.1, 0.15) is 82.7 Å². The van der Waals surface area contributed by atoms with Crippen LogP contribution in [0.2, 0.25) is 0 Å². The zero-order valence-electron chi connectivity index (χ0n) is 27.6. The van der Waals surface area contributed by atoms with Crippen LogP contribution in [0.4, 0.5) is 13.2 Å². The van der Waals surface area contributed by atoms with Gasteiger partial charge >= 0.3 is 6.18 Å². The Kier molecular flexibility index (Phi) is 10.9. The number of nitrogens with one attached hydrogen (secondary N) is 1. The summed E-state index contributed by atoms with van der Waals surface area (Å²) in [6.45, 7) is 11.2. The number of aryl methyl sites for hydroxylation is 1. The highest BCUT2D eigenvalue weighted by Gasteiger charge is 2.31. The molecule has 1 N–H and O–H groups in total. The number of carbonyl (C=O) groups is 1. The Morgan fingerprint density at radius 1 is 0.957 bits per heavy atom. The molecule has 2 aliphatic heterocycles. The second kappa shape index (κ2) is 14.9. The minimum absolute atomic E-state index is 0.0105. The zero-order chi connectivity index (χ0) is 33.6. The van der Waals surface area contributed by atoms with Gasteiger partial charge in [-0.25, -0.2) is 0 Å². The van der Waals surface area contributed by atoms with E-state index in [-0.39, 0.29) is 24.0 Å². The smallest absolute Gasteiger partial charge is 0.416 e. The van der Waals surface area contributed by atoms with Gasteiger partial charge in [-0.15, -0.1) is 10.2 Å². The van der Waals surface area contributed by atoms with Gasteiger partial charge in [-0.2, -0.15) is 22.9 Å². The van der Waals surface area contributed by atoms with Gasteiger partial charge in [0.05, 0.1) is 12.2 Å². The van der Waals surface area contributed by atoms with Crippen molar-refractivity contribution in [2.75, 3.05) is 32.9 Å². The molecule has 1 unspecified atom stereocenters. The summed E-state index contributed by atoms with van der Waals surface area (Å²) in [5, 5.41) is 16.3. The lowest BCUT2D eigenvalue weighted by Crippen LogP contribution is -2.43. The highest BCUT2D eigenvalue weighted by Crippen LogP contribution is 2.33. The van der Waals surface area contributed by atoms with Crippen LogP contribution in [0, 0.1) is 5.41 Å². The average Bonchev–Trinajstić information content (AvgIpc) is 3.47. The van der Waals surface area contributed by atoms with E-state index in [9.17, 15) is 18.0 Å². The number of ether oxygens (including phenoxy) is 2. The SMILES string of the molecule is CC(NC(=O)COCCCCOc1ccc(C2CCN(C3=Nn4c(nnc4-c4ccc(C(F)(F)F)cc4)CC3)CC2)cc1)C(C)(C)C. The molecule has 0 saturated carbocycles. The number of rotatable bonds is 11. The van der Waals surface area contributed by atoms with Gasteiger partial charge in [0.15, 0.2) is 11.6 Å². The molecule has 3 heterocycles. The van der Waals surface area contributed by atoms with E-state index in [1.54, 1.807) is 4.68 Å². The lowest BCUT2D eigenvalue weighted by molar-refractivity contribution is -0.137. The maximum absolute atomic E-state index is 13.0. The molecule has 0 aliphatic carbocycles. The number of carbonyl (C=O) groups excluding carboxylic acids is 1. The molecular formula is C35H45F3N6O3. The highest BCUT2D eigenvalue weighted by atomic mass is 19.4. The predicted molar refractivity (Wildman–Crippen MR) is 174 cm³/mol. The van der Waals surface area contributed by atoms with Crippen molar-refractivity contribution >= 4 is 11.7 Å². The summed E-state index contributed by atoms with van der Waals surface area (Å²) < 4.78 is 52.2. The maximum Gasteiger partial charge on any atom is 0.416 e. The van der Waals surface area contributed by atoms with Crippen molar-refractivity contribution in [3.05, 3.63) is 65.5 Å². The first-order valence-corrected chi connectivity index (χ1v) is 16.4. The molecule has 47 heavy (non-hydrogen) atoms. The number of amides is 1. The summed E-state index contributed by atoms with van der Waals surface area (Å²) in [7, 11) is 0. The van der Waals surface area contributed by atoms with Gasteiger partial charge in [0.2, 0.25) is 5.91 Å². The summed E-state index contributed by atoms with van der Waals surface area (Å²) in [4.78, 5) is 14.3. The van der Waals surface area contributed by atoms with Crippen molar-refractivity contribution in [3.63, 3.8) is 0 Å². The van der Waals surface area contributed by atoms with Crippen molar-refractivity contribution in [1.82, 2.24) is 25.1 Å². The van der Waals surface area contributed by atoms with Gasteiger partial charge in [-0.05, 0) is 73.8 Å². The average molecular weight is 655 g/mol. The number of nitrogens with zero attached hydrogens (tertiary/aromatic N) is 5. The number of alkyl halides is 3. The summed E-state index contributed by atoms with van der Waals surface area (Å²) in [6, 6.07) is 13.4. The quantitative estimate of drug-likeness (QED) is 0.232. The van der Waals surface area contributed by atoms with Gasteiger partial charge in [0.25, 0.3) is 0 Å². The Labute approximate surface area is 274 Å². The number of halogens is 3. The largest absolute Gasteiger partial charge is 0.494 e. The number of unbranched alkanes of at least 4 members (excludes halogenated alkanes) is 1. The molecule has 2 aliphatic rings. The Balaban J connectivity index is 1.04. The van der Waals surface area contributed by atoms with E-state index < -0.39 is 11.7 Å². The van der Waals surface area contributed by atoms with Crippen LogP contribution in [-0.4, -0.2) is 70.5 Å². The fraction of sp³-hybridized carbons (Fsp3) is 0.543. The fourth-order valence-electron chi connectivity index (χ4n) is 5.64. The van der Waals surface area contributed by atoms with E-state index in [1.807, 2.05) is 19.1 Å². The summed E-state index contributed by atoms with van der Waals surface area (Å²) in [5.74, 6) is 3.31. The molecule has 5 rings (SSSR count). The lowest BCUT2D eigenvalue weighted by atomic mass is 9.88. The maximum atomic E-state index is 13.0. The van der Waals surface area contributed by atoms with Gasteiger partial charge in [0, 0.05) is 44.1 Å². The minimum atomic E-state index is -4.39. The molecule has 12 heteroatoms. The van der Waals surface area contributed by atoms with E-state index in [2.05, 4.69) is 53.3 Å². The Morgan fingerprint density at radius 3 is 2.30 bits per heavy atom. The highest BCUT2D eigenvalue weighted by molar-refractivity contribution is 5.83. The molecule has 9 nitrogen and oxygen atoms in total. The number of fused-ring (bicyclic) bond motifs is 1. The first-order valence-electron chi connectivity index (χ1n) is 16.4. The molecule has 1 amide bonds. The van der Waals surface area contributed by atoms with Crippen molar-refractivity contribution in [2.45, 2.75) is 84.4 Å². The normalized spacial score (nSPS) is 16.4. The fourth-order valence-corrected chi connectivity index (χ4v) is 5.64. The van der Waals surface area contributed by atoms with Crippen LogP contribution in [0.3, 0.4) is 0 Å². The molecule has 1 atom stereocenters. The monoisotopic (exact) mass is 654 g/mol.